The predicted octanol–water partition coefficient (Wildman–Crippen LogP) is 1.34. The van der Waals surface area contributed by atoms with Crippen LogP contribution < -0.4 is 10.6 Å². The molecule has 1 aliphatic heterocycles. The topological polar surface area (TPSA) is 98.5 Å². The van der Waals surface area contributed by atoms with Gasteiger partial charge >= 0.3 is 0 Å². The number of aromatic nitrogens is 4. The van der Waals surface area contributed by atoms with Gasteiger partial charge in [-0.2, -0.15) is 5.10 Å². The molecule has 24 heavy (non-hydrogen) atoms. The number of nitrogens with zero attached hydrogens (tertiary/aromatic N) is 2. The van der Waals surface area contributed by atoms with Crippen molar-refractivity contribution in [1.29, 1.82) is 0 Å². The Hall–Kier alpha value is -2.67. The van der Waals surface area contributed by atoms with Gasteiger partial charge in [0.2, 0.25) is 0 Å². The molecule has 1 amide bonds. The molecule has 0 spiro atoms. The van der Waals surface area contributed by atoms with Crippen LogP contribution >= 0.6 is 0 Å². The highest BCUT2D eigenvalue weighted by Crippen LogP contribution is 2.23. The molecule has 3 aromatic rings. The number of hydrogen-bond donors (Lipinski definition) is 4. The number of carbonyl (C=O) groups excluding carboxylic acids is 1. The normalized spacial score (nSPS) is 17.4. The van der Waals surface area contributed by atoms with Crippen molar-refractivity contribution in [3.05, 3.63) is 47.5 Å². The Kier molecular flexibility index (Phi) is 4.00. The first-order valence-corrected chi connectivity index (χ1v) is 8.27. The lowest BCUT2D eigenvalue weighted by atomic mass is 10.0. The maximum Gasteiger partial charge on any atom is 0.254 e. The van der Waals surface area contributed by atoms with Gasteiger partial charge in [-0.25, -0.2) is 4.98 Å². The Balaban J connectivity index is 1.37. The van der Waals surface area contributed by atoms with Crippen LogP contribution in [-0.4, -0.2) is 45.7 Å². The van der Waals surface area contributed by atoms with Gasteiger partial charge in [-0.3, -0.25) is 9.89 Å². The fraction of sp³-hybridized carbons (Fsp3) is 0.353. The molecule has 1 aromatic carbocycles. The average Bonchev–Trinajstić information content (AvgIpc) is 3.33. The number of fused-ring (bicyclic) bond motifs is 1. The molecule has 1 atom stereocenters. The second-order valence-electron chi connectivity index (χ2n) is 6.09. The minimum atomic E-state index is -0.0817. The molecule has 4 rings (SSSR count). The van der Waals surface area contributed by atoms with E-state index in [4.69, 9.17) is 0 Å². The Bertz CT molecular complexity index is 813. The molecule has 1 aliphatic rings. The number of amides is 1. The number of aromatic amines is 2. The van der Waals surface area contributed by atoms with Crippen LogP contribution in [0.3, 0.4) is 0 Å². The van der Waals surface area contributed by atoms with Gasteiger partial charge in [-0.1, -0.05) is 12.1 Å². The van der Waals surface area contributed by atoms with Gasteiger partial charge in [0.15, 0.2) is 0 Å². The van der Waals surface area contributed by atoms with Crippen LogP contribution in [0.25, 0.3) is 11.0 Å². The molecular weight excluding hydrogens is 304 g/mol. The van der Waals surface area contributed by atoms with Crippen LogP contribution in [-0.2, 0) is 6.42 Å². The number of hydrogen-bond acceptors (Lipinski definition) is 4. The molecule has 124 valence electrons. The summed E-state index contributed by atoms with van der Waals surface area (Å²) in [6.45, 7) is 2.41. The van der Waals surface area contributed by atoms with E-state index in [2.05, 4.69) is 30.8 Å². The lowest BCUT2D eigenvalue weighted by Gasteiger charge is -2.09. The molecule has 7 heteroatoms. The van der Waals surface area contributed by atoms with Crippen LogP contribution in [0.15, 0.2) is 30.5 Å². The number of carbonyl (C=O) groups is 1. The summed E-state index contributed by atoms with van der Waals surface area (Å²) in [6.07, 6.45) is 3.31. The summed E-state index contributed by atoms with van der Waals surface area (Å²) in [6, 6.07) is 7.91. The van der Waals surface area contributed by atoms with E-state index in [1.54, 1.807) is 6.20 Å². The molecular formula is C17H20N6O. The SMILES string of the molecule is O=C(NCCc1nc2ccccc2[nH]1)c1cn[nH]c1C1CCNC1. The van der Waals surface area contributed by atoms with Gasteiger partial charge in [-0.05, 0) is 25.1 Å². The fourth-order valence-corrected chi connectivity index (χ4v) is 3.20. The maximum atomic E-state index is 12.4. The van der Waals surface area contributed by atoms with Gasteiger partial charge in [0.05, 0.1) is 28.5 Å². The third-order valence-corrected chi connectivity index (χ3v) is 4.47. The van der Waals surface area contributed by atoms with Gasteiger partial charge in [0.1, 0.15) is 5.82 Å². The molecule has 4 N–H and O–H groups in total. The molecule has 3 heterocycles. The van der Waals surface area contributed by atoms with Crippen molar-refractivity contribution in [3.8, 4) is 0 Å². The number of benzene rings is 1. The van der Waals surface area contributed by atoms with Crippen molar-refractivity contribution in [1.82, 2.24) is 30.8 Å². The highest BCUT2D eigenvalue weighted by atomic mass is 16.1. The standard InChI is InChI=1S/C17H20N6O/c24-17(12-10-20-23-16(12)11-5-7-18-9-11)19-8-6-15-21-13-3-1-2-4-14(13)22-15/h1-4,10-11,18H,5-9H2,(H,19,24)(H,20,23)(H,21,22). The second-order valence-corrected chi connectivity index (χ2v) is 6.09. The van der Waals surface area contributed by atoms with Crippen molar-refractivity contribution in [2.24, 2.45) is 0 Å². The van der Waals surface area contributed by atoms with Crippen LogP contribution in [0.1, 0.15) is 34.2 Å². The Labute approximate surface area is 139 Å². The van der Waals surface area contributed by atoms with Crippen LogP contribution in [0.5, 0.6) is 0 Å². The monoisotopic (exact) mass is 324 g/mol. The zero-order chi connectivity index (χ0) is 16.4. The number of para-hydroxylation sites is 2. The molecule has 0 aliphatic carbocycles. The molecule has 0 bridgehead atoms. The molecule has 1 fully saturated rings. The molecule has 0 radical (unpaired) electrons. The second kappa shape index (κ2) is 6.45. The number of rotatable bonds is 5. The van der Waals surface area contributed by atoms with Crippen molar-refractivity contribution in [3.63, 3.8) is 0 Å². The molecule has 2 aromatic heterocycles. The zero-order valence-electron chi connectivity index (χ0n) is 13.3. The Morgan fingerprint density at radius 3 is 3.08 bits per heavy atom. The van der Waals surface area contributed by atoms with Gasteiger partial charge < -0.3 is 15.6 Å². The molecule has 7 nitrogen and oxygen atoms in total. The molecule has 1 unspecified atom stereocenters. The van der Waals surface area contributed by atoms with Crippen molar-refractivity contribution >= 4 is 16.9 Å². The third-order valence-electron chi connectivity index (χ3n) is 4.47. The summed E-state index contributed by atoms with van der Waals surface area (Å²) in [5, 5.41) is 13.3. The fourth-order valence-electron chi connectivity index (χ4n) is 3.20. The predicted molar refractivity (Wildman–Crippen MR) is 90.9 cm³/mol. The number of nitrogens with one attached hydrogen (secondary N) is 4. The van der Waals surface area contributed by atoms with Gasteiger partial charge in [0.25, 0.3) is 5.91 Å². The van der Waals surface area contributed by atoms with Gasteiger partial charge in [-0.15, -0.1) is 0 Å². The maximum absolute atomic E-state index is 12.4. The zero-order valence-corrected chi connectivity index (χ0v) is 13.3. The Morgan fingerprint density at radius 2 is 2.25 bits per heavy atom. The van der Waals surface area contributed by atoms with E-state index in [1.807, 2.05) is 24.3 Å². The van der Waals surface area contributed by atoms with E-state index < -0.39 is 0 Å². The summed E-state index contributed by atoms with van der Waals surface area (Å²) in [5.74, 6) is 1.13. The van der Waals surface area contributed by atoms with Crippen molar-refractivity contribution in [2.75, 3.05) is 19.6 Å². The highest BCUT2D eigenvalue weighted by Gasteiger charge is 2.24. The van der Waals surface area contributed by atoms with Gasteiger partial charge in [0, 0.05) is 25.4 Å². The van der Waals surface area contributed by atoms with E-state index in [0.29, 0.717) is 24.4 Å². The lowest BCUT2D eigenvalue weighted by Crippen LogP contribution is -2.27. The minimum absolute atomic E-state index is 0.0817. The molecule has 0 saturated carbocycles. The number of imidazole rings is 1. The Morgan fingerprint density at radius 1 is 1.33 bits per heavy atom. The highest BCUT2D eigenvalue weighted by molar-refractivity contribution is 5.95. The smallest absolute Gasteiger partial charge is 0.254 e. The quantitative estimate of drug-likeness (QED) is 0.569. The van der Waals surface area contributed by atoms with Crippen LogP contribution in [0.4, 0.5) is 0 Å². The van der Waals surface area contributed by atoms with Crippen molar-refractivity contribution in [2.45, 2.75) is 18.8 Å². The first kappa shape index (κ1) is 14.9. The summed E-state index contributed by atoms with van der Waals surface area (Å²) in [7, 11) is 0. The largest absolute Gasteiger partial charge is 0.351 e. The summed E-state index contributed by atoms with van der Waals surface area (Å²) >= 11 is 0. The third kappa shape index (κ3) is 2.90. The average molecular weight is 324 g/mol. The van der Waals surface area contributed by atoms with E-state index in [-0.39, 0.29) is 5.91 Å². The summed E-state index contributed by atoms with van der Waals surface area (Å²) < 4.78 is 0. The summed E-state index contributed by atoms with van der Waals surface area (Å²) in [5.41, 5.74) is 3.55. The van der Waals surface area contributed by atoms with E-state index in [1.165, 1.54) is 0 Å². The van der Waals surface area contributed by atoms with E-state index in [9.17, 15) is 4.79 Å². The summed E-state index contributed by atoms with van der Waals surface area (Å²) in [4.78, 5) is 20.2. The van der Waals surface area contributed by atoms with E-state index in [0.717, 1.165) is 42.1 Å². The van der Waals surface area contributed by atoms with Crippen LogP contribution in [0.2, 0.25) is 0 Å². The minimum Gasteiger partial charge on any atom is -0.351 e. The lowest BCUT2D eigenvalue weighted by molar-refractivity contribution is 0.0952. The van der Waals surface area contributed by atoms with Crippen LogP contribution in [0, 0.1) is 0 Å². The van der Waals surface area contributed by atoms with Crippen molar-refractivity contribution < 1.29 is 4.79 Å². The first-order valence-electron chi connectivity index (χ1n) is 8.27. The number of H-pyrrole nitrogens is 2. The molecule has 1 saturated heterocycles. The van der Waals surface area contributed by atoms with E-state index >= 15 is 0 Å². The first-order chi connectivity index (χ1) is 11.8.